The molecule has 5 nitrogen and oxygen atoms in total. The summed E-state index contributed by atoms with van der Waals surface area (Å²) in [5.74, 6) is 3.04. The number of rotatable bonds is 6. The highest BCUT2D eigenvalue weighted by molar-refractivity contribution is 5.48. The van der Waals surface area contributed by atoms with Crippen LogP contribution in [0.3, 0.4) is 0 Å². The first-order valence-corrected chi connectivity index (χ1v) is 7.67. The van der Waals surface area contributed by atoms with Gasteiger partial charge in [0.2, 0.25) is 0 Å². The van der Waals surface area contributed by atoms with Gasteiger partial charge in [0.05, 0.1) is 6.10 Å². The van der Waals surface area contributed by atoms with Crippen molar-refractivity contribution < 1.29 is 5.11 Å². The highest BCUT2D eigenvalue weighted by Crippen LogP contribution is 2.29. The average Bonchev–Trinajstić information content (AvgIpc) is 3.21. The van der Waals surface area contributed by atoms with Gasteiger partial charge in [-0.25, -0.2) is 9.97 Å². The van der Waals surface area contributed by atoms with Crippen molar-refractivity contribution in [3.63, 3.8) is 0 Å². The van der Waals surface area contributed by atoms with Crippen LogP contribution in [0.5, 0.6) is 0 Å². The third-order valence-electron chi connectivity index (χ3n) is 4.44. The Morgan fingerprint density at radius 3 is 2.85 bits per heavy atom. The fourth-order valence-corrected chi connectivity index (χ4v) is 2.90. The molecular formula is C15H24N4O. The molecule has 110 valence electrons. The van der Waals surface area contributed by atoms with Crippen molar-refractivity contribution in [3.05, 3.63) is 12.4 Å². The highest BCUT2D eigenvalue weighted by Gasteiger charge is 2.26. The quantitative estimate of drug-likeness (QED) is 0.831. The smallest absolute Gasteiger partial charge is 0.133 e. The second kappa shape index (κ2) is 5.95. The van der Waals surface area contributed by atoms with Gasteiger partial charge in [-0.05, 0) is 31.6 Å². The van der Waals surface area contributed by atoms with Gasteiger partial charge in [-0.3, -0.25) is 0 Å². The number of hydrogen-bond donors (Lipinski definition) is 2. The third kappa shape index (κ3) is 3.39. The Morgan fingerprint density at radius 1 is 1.30 bits per heavy atom. The van der Waals surface area contributed by atoms with Crippen LogP contribution in [0.15, 0.2) is 12.4 Å². The Kier molecular flexibility index (Phi) is 4.05. The lowest BCUT2D eigenvalue weighted by atomic mass is 10.1. The molecule has 2 aliphatic rings. The number of aliphatic hydroxyl groups excluding tert-OH is 1. The molecule has 2 atom stereocenters. The molecule has 0 spiro atoms. The molecule has 2 aliphatic carbocycles. The minimum absolute atomic E-state index is 0.147. The van der Waals surface area contributed by atoms with Crippen molar-refractivity contribution >= 4 is 11.6 Å². The van der Waals surface area contributed by atoms with Crippen molar-refractivity contribution in [2.24, 2.45) is 11.8 Å². The van der Waals surface area contributed by atoms with Gasteiger partial charge in [-0.1, -0.05) is 6.42 Å². The summed E-state index contributed by atoms with van der Waals surface area (Å²) >= 11 is 0. The SMILES string of the molecule is CN(C[C@@H]1CCC[C@@H]1O)c1cc(NCC2CC2)ncn1. The third-order valence-corrected chi connectivity index (χ3v) is 4.44. The summed E-state index contributed by atoms with van der Waals surface area (Å²) in [6, 6.07) is 2.00. The van der Waals surface area contributed by atoms with Gasteiger partial charge in [0, 0.05) is 32.1 Å². The first-order chi connectivity index (χ1) is 9.72. The molecule has 2 N–H and O–H groups in total. The van der Waals surface area contributed by atoms with E-state index >= 15 is 0 Å². The predicted octanol–water partition coefficient (Wildman–Crippen LogP) is 1.90. The Labute approximate surface area is 120 Å². The van der Waals surface area contributed by atoms with E-state index < -0.39 is 0 Å². The average molecular weight is 276 g/mol. The number of anilines is 2. The van der Waals surface area contributed by atoms with Crippen LogP contribution in [0.4, 0.5) is 11.6 Å². The molecule has 1 aromatic rings. The van der Waals surface area contributed by atoms with Gasteiger partial charge in [0.15, 0.2) is 0 Å². The molecule has 3 rings (SSSR count). The summed E-state index contributed by atoms with van der Waals surface area (Å²) < 4.78 is 0. The van der Waals surface area contributed by atoms with Gasteiger partial charge < -0.3 is 15.3 Å². The largest absolute Gasteiger partial charge is 0.393 e. The molecule has 0 bridgehead atoms. The van der Waals surface area contributed by atoms with Crippen molar-refractivity contribution in [2.75, 3.05) is 30.4 Å². The highest BCUT2D eigenvalue weighted by atomic mass is 16.3. The molecular weight excluding hydrogens is 252 g/mol. The fraction of sp³-hybridized carbons (Fsp3) is 0.733. The van der Waals surface area contributed by atoms with Crippen molar-refractivity contribution in [3.8, 4) is 0 Å². The molecule has 2 saturated carbocycles. The van der Waals surface area contributed by atoms with Gasteiger partial charge in [-0.2, -0.15) is 0 Å². The minimum Gasteiger partial charge on any atom is -0.393 e. The van der Waals surface area contributed by atoms with Gasteiger partial charge in [-0.15, -0.1) is 0 Å². The second-order valence-corrected chi connectivity index (χ2v) is 6.22. The molecule has 1 aromatic heterocycles. The zero-order valence-corrected chi connectivity index (χ0v) is 12.1. The zero-order chi connectivity index (χ0) is 13.9. The van der Waals surface area contributed by atoms with Crippen LogP contribution in [0.25, 0.3) is 0 Å². The summed E-state index contributed by atoms with van der Waals surface area (Å²) in [6.45, 7) is 1.88. The molecule has 0 aliphatic heterocycles. The molecule has 0 unspecified atom stereocenters. The van der Waals surface area contributed by atoms with E-state index in [0.717, 1.165) is 49.9 Å². The van der Waals surface area contributed by atoms with E-state index in [0.29, 0.717) is 5.92 Å². The standard InChI is InChI=1S/C15H24N4O/c1-19(9-12-3-2-4-13(12)20)15-7-14(17-10-18-15)16-8-11-5-6-11/h7,10-13,20H,2-6,8-9H2,1H3,(H,16,17,18)/t12-,13-/m0/s1. The van der Waals surface area contributed by atoms with E-state index in [2.05, 4.69) is 20.2 Å². The first kappa shape index (κ1) is 13.6. The van der Waals surface area contributed by atoms with Gasteiger partial charge >= 0.3 is 0 Å². The van der Waals surface area contributed by atoms with Crippen LogP contribution in [0, 0.1) is 11.8 Å². The van der Waals surface area contributed by atoms with Crippen molar-refractivity contribution in [2.45, 2.75) is 38.2 Å². The Bertz CT molecular complexity index is 449. The number of aromatic nitrogens is 2. The lowest BCUT2D eigenvalue weighted by Gasteiger charge is -2.24. The summed E-state index contributed by atoms with van der Waals surface area (Å²) in [4.78, 5) is 10.7. The Hall–Kier alpha value is -1.36. The summed E-state index contributed by atoms with van der Waals surface area (Å²) in [7, 11) is 2.04. The van der Waals surface area contributed by atoms with Crippen LogP contribution >= 0.6 is 0 Å². The molecule has 0 saturated heterocycles. The van der Waals surface area contributed by atoms with E-state index in [1.54, 1.807) is 6.33 Å². The lowest BCUT2D eigenvalue weighted by molar-refractivity contribution is 0.136. The van der Waals surface area contributed by atoms with E-state index in [1.165, 1.54) is 12.8 Å². The molecule has 20 heavy (non-hydrogen) atoms. The molecule has 0 radical (unpaired) electrons. The number of nitrogens with one attached hydrogen (secondary N) is 1. The number of nitrogens with zero attached hydrogens (tertiary/aromatic N) is 3. The van der Waals surface area contributed by atoms with Crippen LogP contribution in [0.2, 0.25) is 0 Å². The Morgan fingerprint density at radius 2 is 2.15 bits per heavy atom. The normalized spacial score (nSPS) is 25.7. The monoisotopic (exact) mass is 276 g/mol. The lowest BCUT2D eigenvalue weighted by Crippen LogP contribution is -2.30. The van der Waals surface area contributed by atoms with E-state index in [9.17, 15) is 5.11 Å². The molecule has 5 heteroatoms. The number of aliphatic hydroxyl groups is 1. The maximum absolute atomic E-state index is 9.92. The van der Waals surface area contributed by atoms with Gasteiger partial charge in [0.1, 0.15) is 18.0 Å². The molecule has 0 aromatic carbocycles. The van der Waals surface area contributed by atoms with Crippen molar-refractivity contribution in [1.29, 1.82) is 0 Å². The first-order valence-electron chi connectivity index (χ1n) is 7.67. The van der Waals surface area contributed by atoms with Crippen LogP contribution < -0.4 is 10.2 Å². The fourth-order valence-electron chi connectivity index (χ4n) is 2.90. The van der Waals surface area contributed by atoms with Crippen LogP contribution in [0.1, 0.15) is 32.1 Å². The zero-order valence-electron chi connectivity index (χ0n) is 12.1. The minimum atomic E-state index is -0.147. The molecule has 1 heterocycles. The Balaban J connectivity index is 1.58. The molecule has 2 fully saturated rings. The van der Waals surface area contributed by atoms with E-state index in [1.807, 2.05) is 13.1 Å². The van der Waals surface area contributed by atoms with Crippen LogP contribution in [-0.2, 0) is 0 Å². The maximum atomic E-state index is 9.92. The summed E-state index contributed by atoms with van der Waals surface area (Å²) in [5, 5.41) is 13.3. The van der Waals surface area contributed by atoms with Gasteiger partial charge in [0.25, 0.3) is 0 Å². The van der Waals surface area contributed by atoms with E-state index in [-0.39, 0.29) is 6.10 Å². The number of hydrogen-bond acceptors (Lipinski definition) is 5. The summed E-state index contributed by atoms with van der Waals surface area (Å²) in [5.41, 5.74) is 0. The second-order valence-electron chi connectivity index (χ2n) is 6.22. The summed E-state index contributed by atoms with van der Waals surface area (Å²) in [6.07, 6.45) is 7.34. The topological polar surface area (TPSA) is 61.3 Å². The van der Waals surface area contributed by atoms with Crippen molar-refractivity contribution in [1.82, 2.24) is 9.97 Å². The maximum Gasteiger partial charge on any atom is 0.133 e. The van der Waals surface area contributed by atoms with E-state index in [4.69, 9.17) is 0 Å². The van der Waals surface area contributed by atoms with Crippen LogP contribution in [-0.4, -0.2) is 41.3 Å². The predicted molar refractivity (Wildman–Crippen MR) is 79.9 cm³/mol. The molecule has 0 amide bonds.